The van der Waals surface area contributed by atoms with Gasteiger partial charge < -0.3 is 4.79 Å². The fourth-order valence-electron chi connectivity index (χ4n) is 1.91. The number of hydrogen-bond donors (Lipinski definition) is 0. The average molecular weight is 218 g/mol. The van der Waals surface area contributed by atoms with Gasteiger partial charge in [-0.25, -0.2) is 10.0 Å². The molecule has 0 aliphatic carbocycles. The molecule has 16 heavy (non-hydrogen) atoms. The first kappa shape index (κ1) is 10.8. The SMILES string of the molecule is O=CCN1CCCC(=O)N1c1ccccc1. The van der Waals surface area contributed by atoms with Crippen LogP contribution < -0.4 is 5.01 Å². The fourth-order valence-corrected chi connectivity index (χ4v) is 1.91. The molecule has 1 saturated heterocycles. The Hall–Kier alpha value is -1.68. The van der Waals surface area contributed by atoms with Gasteiger partial charge in [-0.2, -0.15) is 0 Å². The van der Waals surface area contributed by atoms with Crippen molar-refractivity contribution in [1.82, 2.24) is 5.01 Å². The molecule has 1 aliphatic rings. The normalized spacial score (nSPS) is 17.5. The van der Waals surface area contributed by atoms with Gasteiger partial charge in [-0.15, -0.1) is 0 Å². The Balaban J connectivity index is 2.26. The van der Waals surface area contributed by atoms with Crippen LogP contribution in [0.1, 0.15) is 12.8 Å². The van der Waals surface area contributed by atoms with E-state index in [1.807, 2.05) is 30.3 Å². The summed E-state index contributed by atoms with van der Waals surface area (Å²) in [6, 6.07) is 9.43. The van der Waals surface area contributed by atoms with Gasteiger partial charge in [0.25, 0.3) is 0 Å². The monoisotopic (exact) mass is 218 g/mol. The first-order chi connectivity index (χ1) is 7.83. The van der Waals surface area contributed by atoms with E-state index < -0.39 is 0 Å². The van der Waals surface area contributed by atoms with Gasteiger partial charge in [0.2, 0.25) is 5.91 Å². The molecular weight excluding hydrogens is 204 g/mol. The molecule has 1 heterocycles. The van der Waals surface area contributed by atoms with Gasteiger partial charge in [0, 0.05) is 13.0 Å². The van der Waals surface area contributed by atoms with Gasteiger partial charge in [-0.1, -0.05) is 18.2 Å². The van der Waals surface area contributed by atoms with E-state index in [0.29, 0.717) is 6.42 Å². The Morgan fingerprint density at radius 1 is 1.25 bits per heavy atom. The molecule has 2 rings (SSSR count). The molecule has 84 valence electrons. The highest BCUT2D eigenvalue weighted by Crippen LogP contribution is 2.21. The second kappa shape index (κ2) is 4.90. The summed E-state index contributed by atoms with van der Waals surface area (Å²) in [7, 11) is 0. The van der Waals surface area contributed by atoms with Gasteiger partial charge in [0.1, 0.15) is 6.29 Å². The smallest absolute Gasteiger partial charge is 0.241 e. The molecule has 1 fully saturated rings. The quantitative estimate of drug-likeness (QED) is 0.716. The van der Waals surface area contributed by atoms with E-state index in [4.69, 9.17) is 0 Å². The van der Waals surface area contributed by atoms with Crippen molar-refractivity contribution in [2.45, 2.75) is 12.8 Å². The molecule has 1 aromatic rings. The second-order valence-electron chi connectivity index (χ2n) is 3.72. The van der Waals surface area contributed by atoms with E-state index in [-0.39, 0.29) is 12.5 Å². The number of benzene rings is 1. The Kier molecular flexibility index (Phi) is 3.31. The molecule has 0 spiro atoms. The minimum Gasteiger partial charge on any atom is -0.302 e. The van der Waals surface area contributed by atoms with Crippen LogP contribution in [0.3, 0.4) is 0 Å². The predicted octanol–water partition coefficient (Wildman–Crippen LogP) is 1.23. The molecule has 0 aromatic heterocycles. The molecular formula is C12H14N2O2. The van der Waals surface area contributed by atoms with Crippen LogP contribution >= 0.6 is 0 Å². The van der Waals surface area contributed by atoms with E-state index in [2.05, 4.69) is 0 Å². The number of rotatable bonds is 3. The van der Waals surface area contributed by atoms with Crippen LogP contribution in [0.4, 0.5) is 5.69 Å². The molecule has 0 radical (unpaired) electrons. The topological polar surface area (TPSA) is 40.6 Å². The summed E-state index contributed by atoms with van der Waals surface area (Å²) in [4.78, 5) is 22.4. The van der Waals surface area contributed by atoms with Crippen LogP contribution in [0.25, 0.3) is 0 Å². The zero-order valence-electron chi connectivity index (χ0n) is 9.00. The maximum atomic E-state index is 11.8. The minimum absolute atomic E-state index is 0.0549. The summed E-state index contributed by atoms with van der Waals surface area (Å²) in [6.45, 7) is 1.01. The molecule has 4 nitrogen and oxygen atoms in total. The summed E-state index contributed by atoms with van der Waals surface area (Å²) >= 11 is 0. The fraction of sp³-hybridized carbons (Fsp3) is 0.333. The Bertz CT molecular complexity index is 378. The average Bonchev–Trinajstić information content (AvgIpc) is 2.31. The van der Waals surface area contributed by atoms with Crippen molar-refractivity contribution in [3.63, 3.8) is 0 Å². The van der Waals surface area contributed by atoms with E-state index in [9.17, 15) is 9.59 Å². The van der Waals surface area contributed by atoms with Crippen LogP contribution in [0.2, 0.25) is 0 Å². The third-order valence-corrected chi connectivity index (χ3v) is 2.61. The van der Waals surface area contributed by atoms with Gasteiger partial charge in [0.15, 0.2) is 0 Å². The Morgan fingerprint density at radius 3 is 2.69 bits per heavy atom. The summed E-state index contributed by atoms with van der Waals surface area (Å²) in [5, 5.41) is 3.39. The summed E-state index contributed by atoms with van der Waals surface area (Å²) in [5.74, 6) is 0.0549. The second-order valence-corrected chi connectivity index (χ2v) is 3.72. The number of amides is 1. The number of hydrazine groups is 1. The standard InChI is InChI=1S/C12H14N2O2/c15-10-9-13-8-4-7-12(16)14(13)11-5-2-1-3-6-11/h1-3,5-6,10H,4,7-9H2. The largest absolute Gasteiger partial charge is 0.302 e. The van der Waals surface area contributed by atoms with Gasteiger partial charge in [-0.05, 0) is 18.6 Å². The van der Waals surface area contributed by atoms with Crippen LogP contribution in [0.15, 0.2) is 30.3 Å². The Morgan fingerprint density at radius 2 is 2.00 bits per heavy atom. The van der Waals surface area contributed by atoms with Crippen molar-refractivity contribution in [3.8, 4) is 0 Å². The van der Waals surface area contributed by atoms with Gasteiger partial charge >= 0.3 is 0 Å². The third-order valence-electron chi connectivity index (χ3n) is 2.61. The van der Waals surface area contributed by atoms with Crippen molar-refractivity contribution in [1.29, 1.82) is 0 Å². The van der Waals surface area contributed by atoms with E-state index in [1.165, 1.54) is 0 Å². The maximum absolute atomic E-state index is 11.8. The highest BCUT2D eigenvalue weighted by Gasteiger charge is 2.26. The molecule has 0 bridgehead atoms. The summed E-state index contributed by atoms with van der Waals surface area (Å²) in [5.41, 5.74) is 0.828. The predicted molar refractivity (Wildman–Crippen MR) is 60.8 cm³/mol. The van der Waals surface area contributed by atoms with Crippen LogP contribution in [0, 0.1) is 0 Å². The number of carbonyl (C=O) groups is 2. The van der Waals surface area contributed by atoms with Crippen LogP contribution in [0.5, 0.6) is 0 Å². The highest BCUT2D eigenvalue weighted by molar-refractivity contribution is 5.93. The lowest BCUT2D eigenvalue weighted by Crippen LogP contribution is -2.51. The maximum Gasteiger partial charge on any atom is 0.241 e. The van der Waals surface area contributed by atoms with E-state index >= 15 is 0 Å². The lowest BCUT2D eigenvalue weighted by molar-refractivity contribution is -0.124. The number of aldehydes is 1. The zero-order chi connectivity index (χ0) is 11.4. The first-order valence-electron chi connectivity index (χ1n) is 5.39. The third kappa shape index (κ3) is 2.12. The lowest BCUT2D eigenvalue weighted by Gasteiger charge is -2.37. The molecule has 4 heteroatoms. The number of carbonyl (C=O) groups excluding carboxylic acids is 2. The molecule has 0 N–H and O–H groups in total. The van der Waals surface area contributed by atoms with Crippen molar-refractivity contribution >= 4 is 17.9 Å². The molecule has 1 aromatic carbocycles. The first-order valence-corrected chi connectivity index (χ1v) is 5.39. The molecule has 1 aliphatic heterocycles. The minimum atomic E-state index is 0.0549. The van der Waals surface area contributed by atoms with Crippen LogP contribution in [-0.2, 0) is 9.59 Å². The molecule has 0 saturated carbocycles. The van der Waals surface area contributed by atoms with E-state index in [0.717, 1.165) is 24.9 Å². The summed E-state index contributed by atoms with van der Waals surface area (Å²) < 4.78 is 0. The highest BCUT2D eigenvalue weighted by atomic mass is 16.2. The van der Waals surface area contributed by atoms with E-state index in [1.54, 1.807) is 10.0 Å². The number of nitrogens with zero attached hydrogens (tertiary/aromatic N) is 2. The molecule has 0 unspecified atom stereocenters. The molecule has 1 amide bonds. The number of anilines is 1. The van der Waals surface area contributed by atoms with Crippen molar-refractivity contribution in [2.24, 2.45) is 0 Å². The summed E-state index contributed by atoms with van der Waals surface area (Å²) in [6.07, 6.45) is 2.19. The number of para-hydroxylation sites is 1. The Labute approximate surface area is 94.4 Å². The van der Waals surface area contributed by atoms with Crippen molar-refractivity contribution in [2.75, 3.05) is 18.1 Å². The van der Waals surface area contributed by atoms with Crippen molar-refractivity contribution in [3.05, 3.63) is 30.3 Å². The lowest BCUT2D eigenvalue weighted by atomic mass is 10.2. The number of hydrogen-bond acceptors (Lipinski definition) is 3. The van der Waals surface area contributed by atoms with Gasteiger partial charge in [-0.3, -0.25) is 4.79 Å². The van der Waals surface area contributed by atoms with Crippen molar-refractivity contribution < 1.29 is 9.59 Å². The van der Waals surface area contributed by atoms with Crippen LogP contribution in [-0.4, -0.2) is 30.3 Å². The molecule has 0 atom stereocenters. The zero-order valence-corrected chi connectivity index (χ0v) is 9.00. The van der Waals surface area contributed by atoms with Gasteiger partial charge in [0.05, 0.1) is 12.2 Å².